The van der Waals surface area contributed by atoms with E-state index in [0.29, 0.717) is 0 Å². The lowest BCUT2D eigenvalue weighted by atomic mass is 9.74. The summed E-state index contributed by atoms with van der Waals surface area (Å²) >= 11 is 0. The molecule has 1 aromatic heterocycles. The summed E-state index contributed by atoms with van der Waals surface area (Å²) in [6.45, 7) is 0.845. The Morgan fingerprint density at radius 2 is 1.71 bits per heavy atom. The third-order valence-electron chi connectivity index (χ3n) is 11.8. The quantitative estimate of drug-likeness (QED) is 0.210. The molecule has 246 valence electrons. The fourth-order valence-corrected chi connectivity index (χ4v) is 9.35. The normalized spacial score (nSPS) is 22.5. The van der Waals surface area contributed by atoms with Crippen molar-refractivity contribution in [1.29, 1.82) is 0 Å². The van der Waals surface area contributed by atoms with E-state index in [2.05, 4.69) is 121 Å². The summed E-state index contributed by atoms with van der Waals surface area (Å²) in [6, 6.07) is 26.5. The number of para-hydroxylation sites is 1. The van der Waals surface area contributed by atoms with Crippen LogP contribution in [0.25, 0.3) is 44.8 Å². The van der Waals surface area contributed by atoms with Crippen molar-refractivity contribution >= 4 is 50.9 Å². The molecule has 2 unspecified atom stereocenters. The highest BCUT2D eigenvalue weighted by molar-refractivity contribution is 6.16. The zero-order valence-electron chi connectivity index (χ0n) is 28.5. The number of rotatable bonds is 3. The Kier molecular flexibility index (Phi) is 6.49. The van der Waals surface area contributed by atoms with E-state index in [1.807, 2.05) is 6.07 Å². The Morgan fingerprint density at radius 1 is 0.765 bits per heavy atom. The van der Waals surface area contributed by atoms with E-state index in [-0.39, 0.29) is 11.8 Å². The van der Waals surface area contributed by atoms with Gasteiger partial charge in [0.05, 0.1) is 5.70 Å². The molecule has 4 bridgehead atoms. The van der Waals surface area contributed by atoms with Crippen LogP contribution >= 0.6 is 0 Å². The van der Waals surface area contributed by atoms with Crippen LogP contribution in [0.3, 0.4) is 0 Å². The standard InChI is InChI=1S/C47H37N3O/c1-2-9-28(10-3-1)30-12-6-13-32(25-30)47-49-39(35-15-8-18-42-45(35)37-14-4-5-17-41(37)51-42)24-23-34-31-21-22-36-40(26-31)48-27-33-20-19-29-11-7-16-38(46(34)50-47)43(29)44(33)36/h1-2,4-5,7-9,11,13-15,17-22,24-26,34,38,48H,3,6,10,12,16,23,27H2/b39-24-,49-47?,50-46?. The van der Waals surface area contributed by atoms with Crippen molar-refractivity contribution in [2.24, 2.45) is 9.98 Å². The molecule has 4 aromatic carbocycles. The number of nitrogens with one attached hydrogen (secondary N) is 1. The Morgan fingerprint density at radius 3 is 2.67 bits per heavy atom. The molecule has 0 amide bonds. The molecular formula is C47H37N3O. The lowest BCUT2D eigenvalue weighted by Crippen LogP contribution is -2.25. The Bertz CT molecular complexity index is 2600. The molecule has 0 saturated carbocycles. The first-order valence-electron chi connectivity index (χ1n) is 18.5. The van der Waals surface area contributed by atoms with E-state index >= 15 is 0 Å². The van der Waals surface area contributed by atoms with Crippen LogP contribution in [0.1, 0.15) is 78.2 Å². The third kappa shape index (κ3) is 4.59. The van der Waals surface area contributed by atoms with E-state index in [9.17, 15) is 0 Å². The number of amidine groups is 1. The maximum Gasteiger partial charge on any atom is 0.159 e. The molecule has 0 saturated heterocycles. The summed E-state index contributed by atoms with van der Waals surface area (Å²) in [7, 11) is 0. The maximum absolute atomic E-state index is 6.37. The van der Waals surface area contributed by atoms with Gasteiger partial charge in [-0.3, -0.25) is 0 Å². The summed E-state index contributed by atoms with van der Waals surface area (Å²) in [5, 5.41) is 6.00. The SMILES string of the molecule is C1=CCCC(C2=CC(C3=N/C(c4cccc5oc6ccccc6c45)=C\CC4C(=N3)C3CC=Cc5ccc6c(c53)-c3ccc4cc3NC6)=CCC2)=C1. The van der Waals surface area contributed by atoms with Gasteiger partial charge in [-0.05, 0) is 102 Å². The van der Waals surface area contributed by atoms with Crippen molar-refractivity contribution in [3.8, 4) is 11.1 Å². The first-order chi connectivity index (χ1) is 25.3. The summed E-state index contributed by atoms with van der Waals surface area (Å²) in [4.78, 5) is 11.4. The molecule has 5 aromatic rings. The molecule has 4 heteroatoms. The van der Waals surface area contributed by atoms with Crippen LogP contribution in [0.15, 0.2) is 146 Å². The van der Waals surface area contributed by atoms with Crippen molar-refractivity contribution in [2.45, 2.75) is 56.9 Å². The second-order valence-electron chi connectivity index (χ2n) is 14.6. The molecule has 1 N–H and O–H groups in total. The van der Waals surface area contributed by atoms with E-state index in [4.69, 9.17) is 14.4 Å². The van der Waals surface area contributed by atoms with Gasteiger partial charge in [-0.15, -0.1) is 0 Å². The van der Waals surface area contributed by atoms with Crippen molar-refractivity contribution < 1.29 is 4.42 Å². The number of anilines is 1. The number of fused-ring (bicyclic) bond motifs is 4. The van der Waals surface area contributed by atoms with Gasteiger partial charge in [-0.1, -0.05) is 97.1 Å². The number of allylic oxidation sites excluding steroid dienone is 8. The summed E-state index contributed by atoms with van der Waals surface area (Å²) < 4.78 is 6.37. The topological polar surface area (TPSA) is 49.9 Å². The molecule has 0 fully saturated rings. The predicted molar refractivity (Wildman–Crippen MR) is 211 cm³/mol. The first-order valence-corrected chi connectivity index (χ1v) is 18.5. The molecule has 7 aliphatic rings. The Labute approximate surface area is 297 Å². The van der Waals surface area contributed by atoms with Crippen LogP contribution in [0.5, 0.6) is 0 Å². The number of hydrogen-bond donors (Lipinski definition) is 1. The molecule has 3 heterocycles. The summed E-state index contributed by atoms with van der Waals surface area (Å²) in [6.07, 6.45) is 24.6. The number of aliphatic imine (C=N–C) groups is 2. The lowest BCUT2D eigenvalue weighted by molar-refractivity contribution is 0.669. The van der Waals surface area contributed by atoms with E-state index in [0.717, 1.165) is 89.7 Å². The molecule has 0 radical (unpaired) electrons. The number of nitrogens with zero attached hydrogens (tertiary/aromatic N) is 2. The van der Waals surface area contributed by atoms with Crippen molar-refractivity contribution in [1.82, 2.24) is 0 Å². The van der Waals surface area contributed by atoms with Gasteiger partial charge in [-0.25, -0.2) is 9.98 Å². The molecule has 5 aliphatic carbocycles. The summed E-state index contributed by atoms with van der Waals surface area (Å²) in [5.41, 5.74) is 18.4. The minimum atomic E-state index is 0.0938. The van der Waals surface area contributed by atoms with Crippen LogP contribution in [-0.2, 0) is 6.54 Å². The zero-order valence-corrected chi connectivity index (χ0v) is 28.5. The second-order valence-corrected chi connectivity index (χ2v) is 14.6. The first kappa shape index (κ1) is 29.0. The van der Waals surface area contributed by atoms with Gasteiger partial charge in [0.15, 0.2) is 5.84 Å². The number of benzene rings is 4. The Balaban J connectivity index is 1.17. The average molecular weight is 660 g/mol. The average Bonchev–Trinajstić information content (AvgIpc) is 3.59. The number of hydrogen-bond acceptors (Lipinski definition) is 4. The molecule has 2 aliphatic heterocycles. The molecular weight excluding hydrogens is 623 g/mol. The molecule has 4 nitrogen and oxygen atoms in total. The monoisotopic (exact) mass is 659 g/mol. The lowest BCUT2D eigenvalue weighted by Gasteiger charge is -2.32. The van der Waals surface area contributed by atoms with Crippen molar-refractivity contribution in [2.75, 3.05) is 5.32 Å². The van der Waals surface area contributed by atoms with E-state index < -0.39 is 0 Å². The molecule has 51 heavy (non-hydrogen) atoms. The maximum atomic E-state index is 6.37. The van der Waals surface area contributed by atoms with E-state index in [1.165, 1.54) is 55.9 Å². The van der Waals surface area contributed by atoms with Gasteiger partial charge in [-0.2, -0.15) is 0 Å². The summed E-state index contributed by atoms with van der Waals surface area (Å²) in [5.74, 6) is 1.07. The van der Waals surface area contributed by atoms with E-state index in [1.54, 1.807) is 0 Å². The van der Waals surface area contributed by atoms with Crippen molar-refractivity contribution in [3.63, 3.8) is 0 Å². The van der Waals surface area contributed by atoms with Gasteiger partial charge in [0.2, 0.25) is 0 Å². The largest absolute Gasteiger partial charge is 0.456 e. The highest BCUT2D eigenvalue weighted by Gasteiger charge is 2.36. The van der Waals surface area contributed by atoms with Crippen LogP contribution in [-0.4, -0.2) is 11.5 Å². The van der Waals surface area contributed by atoms with Gasteiger partial charge in [0.1, 0.15) is 11.2 Å². The van der Waals surface area contributed by atoms with Crippen LogP contribution in [0, 0.1) is 0 Å². The van der Waals surface area contributed by atoms with Crippen molar-refractivity contribution in [3.05, 3.63) is 160 Å². The van der Waals surface area contributed by atoms with Gasteiger partial charge in [0.25, 0.3) is 0 Å². The second kappa shape index (κ2) is 11.4. The minimum absolute atomic E-state index is 0.0938. The molecule has 0 spiro atoms. The predicted octanol–water partition coefficient (Wildman–Crippen LogP) is 12.0. The molecule has 2 atom stereocenters. The van der Waals surface area contributed by atoms with Crippen LogP contribution < -0.4 is 5.32 Å². The highest BCUT2D eigenvalue weighted by atomic mass is 16.3. The Hall–Kier alpha value is -5.74. The molecule has 12 rings (SSSR count). The smallest absolute Gasteiger partial charge is 0.159 e. The fourth-order valence-electron chi connectivity index (χ4n) is 9.35. The zero-order chi connectivity index (χ0) is 33.5. The third-order valence-corrected chi connectivity index (χ3v) is 11.8. The number of furan rings is 1. The van der Waals surface area contributed by atoms with Gasteiger partial charge >= 0.3 is 0 Å². The van der Waals surface area contributed by atoms with Gasteiger partial charge < -0.3 is 9.73 Å². The van der Waals surface area contributed by atoms with Crippen LogP contribution in [0.4, 0.5) is 5.69 Å². The van der Waals surface area contributed by atoms with Crippen LogP contribution in [0.2, 0.25) is 0 Å². The highest BCUT2D eigenvalue weighted by Crippen LogP contribution is 2.50. The fraction of sp³-hybridized carbons (Fsp3) is 0.191. The minimum Gasteiger partial charge on any atom is -0.456 e. The van der Waals surface area contributed by atoms with Gasteiger partial charge in [0, 0.05) is 57.3 Å².